The second-order valence-corrected chi connectivity index (χ2v) is 8.93. The van der Waals surface area contributed by atoms with Crippen molar-refractivity contribution in [2.45, 2.75) is 6.54 Å². The lowest BCUT2D eigenvalue weighted by Crippen LogP contribution is -2.43. The van der Waals surface area contributed by atoms with Gasteiger partial charge in [-0.25, -0.2) is 9.59 Å². The van der Waals surface area contributed by atoms with Crippen molar-refractivity contribution in [2.75, 3.05) is 40.0 Å². The van der Waals surface area contributed by atoms with E-state index >= 15 is 0 Å². The molecule has 1 aromatic carbocycles. The van der Waals surface area contributed by atoms with Crippen LogP contribution in [0, 0.1) is 10.1 Å². The summed E-state index contributed by atoms with van der Waals surface area (Å²) in [5.74, 6) is -2.04. The Hall–Kier alpha value is -4.24. The molecule has 2 saturated heterocycles. The predicted molar refractivity (Wildman–Crippen MR) is 131 cm³/mol. The Bertz CT molecular complexity index is 1330. The van der Waals surface area contributed by atoms with Crippen LogP contribution in [0.2, 0.25) is 0 Å². The maximum Gasteiger partial charge on any atom is 0.373 e. The number of furan rings is 1. The highest BCUT2D eigenvalue weighted by molar-refractivity contribution is 9.10. The molecule has 0 saturated carbocycles. The number of carbonyl (C=O) groups is 4. The van der Waals surface area contributed by atoms with E-state index in [1.807, 2.05) is 0 Å². The van der Waals surface area contributed by atoms with Crippen LogP contribution < -0.4 is 10.1 Å². The Labute approximate surface area is 223 Å². The zero-order chi connectivity index (χ0) is 27.4. The van der Waals surface area contributed by atoms with Gasteiger partial charge >= 0.3 is 17.7 Å². The van der Waals surface area contributed by atoms with Gasteiger partial charge in [-0.3, -0.25) is 24.6 Å². The van der Waals surface area contributed by atoms with Crippen LogP contribution in [0.25, 0.3) is 6.08 Å². The number of amides is 4. The highest BCUT2D eigenvalue weighted by atomic mass is 79.9. The van der Waals surface area contributed by atoms with E-state index in [0.29, 0.717) is 30.8 Å². The van der Waals surface area contributed by atoms with Crippen LogP contribution in [-0.2, 0) is 25.6 Å². The van der Waals surface area contributed by atoms with Crippen molar-refractivity contribution >= 4 is 51.5 Å². The molecule has 15 heteroatoms. The molecule has 0 unspecified atom stereocenters. The first-order chi connectivity index (χ1) is 18.2. The van der Waals surface area contributed by atoms with Crippen molar-refractivity contribution in [1.29, 1.82) is 0 Å². The number of benzene rings is 1. The maximum absolute atomic E-state index is 13.0. The summed E-state index contributed by atoms with van der Waals surface area (Å²) in [6.07, 6.45) is 1.22. The molecule has 0 aliphatic carbocycles. The molecule has 3 heterocycles. The van der Waals surface area contributed by atoms with Crippen molar-refractivity contribution in [1.82, 2.24) is 15.1 Å². The Morgan fingerprint density at radius 2 is 1.97 bits per heavy atom. The van der Waals surface area contributed by atoms with Gasteiger partial charge < -0.3 is 28.8 Å². The van der Waals surface area contributed by atoms with E-state index in [2.05, 4.69) is 26.0 Å². The largest absolute Gasteiger partial charge is 0.476 e. The third kappa shape index (κ3) is 5.84. The molecular weight excluding hydrogens is 572 g/mol. The smallest absolute Gasteiger partial charge is 0.373 e. The molecule has 0 radical (unpaired) electrons. The lowest BCUT2D eigenvalue weighted by molar-refractivity contribution is -0.385. The second-order valence-electron chi connectivity index (χ2n) is 8.02. The van der Waals surface area contributed by atoms with Crippen LogP contribution in [0.15, 0.2) is 38.9 Å². The molecule has 1 N–H and O–H groups in total. The van der Waals surface area contributed by atoms with Crippen LogP contribution in [0.1, 0.15) is 21.9 Å². The van der Waals surface area contributed by atoms with Crippen molar-refractivity contribution < 1.29 is 42.7 Å². The van der Waals surface area contributed by atoms with Crippen LogP contribution >= 0.6 is 15.9 Å². The molecular formula is C23H21BrN4O10. The van der Waals surface area contributed by atoms with Crippen LogP contribution in [0.5, 0.6) is 5.75 Å². The monoisotopic (exact) mass is 592 g/mol. The molecule has 200 valence electrons. The van der Waals surface area contributed by atoms with Crippen molar-refractivity contribution in [2.24, 2.45) is 0 Å². The molecule has 0 atom stereocenters. The quantitative estimate of drug-likeness (QED) is 0.157. The Morgan fingerprint density at radius 1 is 1.24 bits per heavy atom. The van der Waals surface area contributed by atoms with E-state index < -0.39 is 35.1 Å². The van der Waals surface area contributed by atoms with E-state index in [-0.39, 0.29) is 41.0 Å². The van der Waals surface area contributed by atoms with Gasteiger partial charge in [0, 0.05) is 29.2 Å². The van der Waals surface area contributed by atoms with Crippen LogP contribution in [0.4, 0.5) is 10.5 Å². The first-order valence-electron chi connectivity index (χ1n) is 11.2. The van der Waals surface area contributed by atoms with Gasteiger partial charge in [-0.05, 0) is 24.3 Å². The summed E-state index contributed by atoms with van der Waals surface area (Å²) >= 11 is 3.20. The lowest BCUT2D eigenvalue weighted by Gasteiger charge is -2.26. The summed E-state index contributed by atoms with van der Waals surface area (Å²) in [6.45, 7) is 0.730. The number of carbonyl (C=O) groups excluding carboxylic acids is 4. The fourth-order valence-electron chi connectivity index (χ4n) is 3.74. The molecule has 38 heavy (non-hydrogen) atoms. The zero-order valence-electron chi connectivity index (χ0n) is 19.9. The Balaban J connectivity index is 1.58. The van der Waals surface area contributed by atoms with E-state index in [0.717, 1.165) is 4.90 Å². The van der Waals surface area contributed by atoms with Gasteiger partial charge in [0.25, 0.3) is 11.8 Å². The first kappa shape index (κ1) is 26.8. The van der Waals surface area contributed by atoms with Crippen molar-refractivity contribution in [3.63, 3.8) is 0 Å². The molecule has 1 aromatic heterocycles. The number of nitro benzene ring substituents is 1. The molecule has 0 spiro atoms. The number of nitrogens with one attached hydrogen (secondary N) is 1. The average molecular weight is 593 g/mol. The zero-order valence-corrected chi connectivity index (χ0v) is 21.5. The number of methoxy groups -OCH3 is 1. The topological polar surface area (TPSA) is 171 Å². The number of morpholine rings is 1. The molecule has 2 aromatic rings. The van der Waals surface area contributed by atoms with Crippen molar-refractivity contribution in [3.8, 4) is 5.75 Å². The van der Waals surface area contributed by atoms with E-state index in [1.54, 1.807) is 0 Å². The van der Waals surface area contributed by atoms with Crippen LogP contribution in [-0.4, -0.2) is 78.6 Å². The summed E-state index contributed by atoms with van der Waals surface area (Å²) in [7, 11) is 1.18. The minimum atomic E-state index is -0.772. The van der Waals surface area contributed by atoms with E-state index in [9.17, 15) is 29.3 Å². The highest BCUT2D eigenvalue weighted by Gasteiger charge is 2.35. The van der Waals surface area contributed by atoms with Gasteiger partial charge in [0.05, 0.1) is 31.8 Å². The number of hydrogen-bond acceptors (Lipinski definition) is 10. The number of imide groups is 1. The maximum atomic E-state index is 13.0. The summed E-state index contributed by atoms with van der Waals surface area (Å²) in [5, 5.41) is 14.1. The summed E-state index contributed by atoms with van der Waals surface area (Å²) in [6, 6.07) is 4.65. The molecule has 14 nitrogen and oxygen atoms in total. The summed E-state index contributed by atoms with van der Waals surface area (Å²) < 4.78 is 21.0. The standard InChI is InChI=1S/C23H21BrN4O10/c1-35-22(31)18-3-2-15(38-18)11-27-21(30)16(25-23(27)32)9-13-8-14(24)10-17(28(33)34)20(13)37-12-19(29)26-4-6-36-7-5-26/h2-3,8-10H,4-7,11-12H2,1H3,(H,25,32)/b16-9-. The number of nitro groups is 1. The minimum absolute atomic E-state index is 0.0809. The number of rotatable bonds is 8. The molecule has 0 bridgehead atoms. The summed E-state index contributed by atoms with van der Waals surface area (Å²) in [4.78, 5) is 63.0. The molecule has 2 aliphatic heterocycles. The van der Waals surface area contributed by atoms with Gasteiger partial charge in [-0.2, -0.15) is 0 Å². The number of nitrogens with zero attached hydrogens (tertiary/aromatic N) is 3. The highest BCUT2D eigenvalue weighted by Crippen LogP contribution is 2.36. The molecule has 2 aliphatic rings. The minimum Gasteiger partial charge on any atom is -0.476 e. The summed E-state index contributed by atoms with van der Waals surface area (Å²) in [5.41, 5.74) is -0.551. The number of hydrogen-bond donors (Lipinski definition) is 1. The number of halogens is 1. The van der Waals surface area contributed by atoms with Gasteiger partial charge in [0.1, 0.15) is 11.5 Å². The fourth-order valence-corrected chi connectivity index (χ4v) is 4.20. The normalized spacial score (nSPS) is 16.5. The van der Waals surface area contributed by atoms with Gasteiger partial charge in [-0.15, -0.1) is 0 Å². The average Bonchev–Trinajstić information content (AvgIpc) is 3.48. The van der Waals surface area contributed by atoms with Crippen LogP contribution in [0.3, 0.4) is 0 Å². The molecule has 2 fully saturated rings. The number of esters is 1. The van der Waals surface area contributed by atoms with Gasteiger partial charge in [0.15, 0.2) is 6.61 Å². The number of ether oxygens (including phenoxy) is 3. The van der Waals surface area contributed by atoms with Crippen molar-refractivity contribution in [3.05, 3.63) is 61.6 Å². The third-order valence-corrected chi connectivity index (χ3v) is 6.05. The third-order valence-electron chi connectivity index (χ3n) is 5.59. The van der Waals surface area contributed by atoms with E-state index in [1.165, 1.54) is 42.4 Å². The second kappa shape index (κ2) is 11.4. The number of urea groups is 1. The van der Waals surface area contributed by atoms with Gasteiger partial charge in [-0.1, -0.05) is 15.9 Å². The predicted octanol–water partition coefficient (Wildman–Crippen LogP) is 2.07. The molecule has 4 amide bonds. The fraction of sp³-hybridized carbons (Fsp3) is 0.304. The SMILES string of the molecule is COC(=O)c1ccc(CN2C(=O)N/C(=C\c3cc(Br)cc([N+](=O)[O-])c3OCC(=O)N3CCOCC3)C2=O)o1. The Kier molecular flexibility index (Phi) is 8.07. The first-order valence-corrected chi connectivity index (χ1v) is 11.9. The lowest BCUT2D eigenvalue weighted by atomic mass is 10.1. The Morgan fingerprint density at radius 3 is 2.66 bits per heavy atom. The van der Waals surface area contributed by atoms with Gasteiger partial charge in [0.2, 0.25) is 11.5 Å². The molecule has 4 rings (SSSR count). The van der Waals surface area contributed by atoms with E-state index in [4.69, 9.17) is 13.9 Å².